The number of carboxylic acid groups (broad SMARTS) is 1. The fourth-order valence-corrected chi connectivity index (χ4v) is 6.19. The van der Waals surface area contributed by atoms with Crippen LogP contribution < -0.4 is 34.7 Å². The number of halogens is 1. The fourth-order valence-electron chi connectivity index (χ4n) is 2.68. The molecule has 0 bridgehead atoms. The Hall–Kier alpha value is -0.740. The van der Waals surface area contributed by atoms with Crippen LogP contribution in [0.5, 0.6) is 0 Å². The number of aromatic nitrogens is 1. The number of rotatable bonds is 2. The van der Waals surface area contributed by atoms with Crippen molar-refractivity contribution in [2.45, 2.75) is 16.2 Å². The third kappa shape index (κ3) is 3.12. The zero-order chi connectivity index (χ0) is 16.1. The van der Waals surface area contributed by atoms with Crippen molar-refractivity contribution in [1.29, 1.82) is 0 Å². The predicted octanol–water partition coefficient (Wildman–Crippen LogP) is -4.05. The van der Waals surface area contributed by atoms with Gasteiger partial charge in [-0.3, -0.25) is 9.78 Å². The number of β-lactam (4-membered cyclic amide) rings is 1. The van der Waals surface area contributed by atoms with Gasteiger partial charge in [-0.25, -0.2) is 8.42 Å². The molecule has 2 aliphatic heterocycles. The Balaban J connectivity index is 0.00000192. The molecule has 1 amide bonds. The summed E-state index contributed by atoms with van der Waals surface area (Å²) in [5, 5.41) is 9.96. The number of hydrogen-bond donors (Lipinski definition) is 0. The molecule has 2 saturated heterocycles. The average molecular weight is 409 g/mol. The standard InChI is InChI=1S/C13H11BrN2O5S.Na/c14-9-6-22(20,21)12-8(5-7-3-1-2-4-15-7)11(17)16(12)10(9)13(18)19;/h1-5,9-10,12H,6H2,(H,18,19);/q;+1/p-1/b8-5-;. The summed E-state index contributed by atoms with van der Waals surface area (Å²) in [6.45, 7) is 0. The summed E-state index contributed by atoms with van der Waals surface area (Å²) >= 11 is 3.02. The van der Waals surface area contributed by atoms with Crippen LogP contribution in [-0.2, 0) is 19.4 Å². The predicted molar refractivity (Wildman–Crippen MR) is 78.1 cm³/mol. The quantitative estimate of drug-likeness (QED) is 0.213. The van der Waals surface area contributed by atoms with Gasteiger partial charge >= 0.3 is 29.6 Å². The molecule has 2 aliphatic rings. The summed E-state index contributed by atoms with van der Waals surface area (Å²) in [4.78, 5) is 27.4. The van der Waals surface area contributed by atoms with E-state index in [0.29, 0.717) is 5.69 Å². The molecular weight excluding hydrogens is 399 g/mol. The normalized spacial score (nSPS) is 30.1. The van der Waals surface area contributed by atoms with Crippen molar-refractivity contribution in [2.24, 2.45) is 0 Å². The van der Waals surface area contributed by atoms with Crippen LogP contribution >= 0.6 is 15.9 Å². The topological polar surface area (TPSA) is 107 Å². The molecule has 0 saturated carbocycles. The molecule has 7 nitrogen and oxygen atoms in total. The second-order valence-corrected chi connectivity index (χ2v) is 8.31. The number of sulfone groups is 1. The molecule has 3 heterocycles. The summed E-state index contributed by atoms with van der Waals surface area (Å²) in [7, 11) is -3.67. The van der Waals surface area contributed by atoms with Crippen molar-refractivity contribution >= 4 is 43.7 Å². The van der Waals surface area contributed by atoms with Gasteiger partial charge in [0, 0.05) is 6.20 Å². The van der Waals surface area contributed by atoms with E-state index in [1.165, 1.54) is 12.3 Å². The van der Waals surface area contributed by atoms with Crippen molar-refractivity contribution in [3.05, 3.63) is 35.7 Å². The van der Waals surface area contributed by atoms with Crippen LogP contribution in [-0.4, -0.2) is 52.2 Å². The van der Waals surface area contributed by atoms with Crippen LogP contribution in [0.3, 0.4) is 0 Å². The van der Waals surface area contributed by atoms with Crippen LogP contribution in [0.2, 0.25) is 0 Å². The van der Waals surface area contributed by atoms with Gasteiger partial charge in [-0.1, -0.05) is 22.0 Å². The molecule has 0 spiro atoms. The maximum Gasteiger partial charge on any atom is 1.00 e. The number of hydrogen-bond acceptors (Lipinski definition) is 6. The number of carboxylic acids is 1. The van der Waals surface area contributed by atoms with E-state index in [4.69, 9.17) is 0 Å². The van der Waals surface area contributed by atoms with E-state index in [9.17, 15) is 23.1 Å². The zero-order valence-corrected chi connectivity index (χ0v) is 16.5. The Morgan fingerprint density at radius 2 is 2.13 bits per heavy atom. The number of aliphatic carboxylic acids is 1. The number of amides is 1. The van der Waals surface area contributed by atoms with E-state index in [-0.39, 0.29) is 40.9 Å². The molecule has 23 heavy (non-hydrogen) atoms. The maximum atomic E-state index is 12.3. The Bertz CT molecular complexity index is 783. The van der Waals surface area contributed by atoms with E-state index in [1.54, 1.807) is 18.2 Å². The minimum absolute atomic E-state index is 0. The van der Waals surface area contributed by atoms with E-state index in [1.807, 2.05) is 0 Å². The molecule has 1 aromatic rings. The van der Waals surface area contributed by atoms with Crippen molar-refractivity contribution in [1.82, 2.24) is 9.88 Å². The first-order valence-electron chi connectivity index (χ1n) is 6.35. The molecule has 3 rings (SSSR count). The minimum atomic E-state index is -3.67. The molecule has 0 radical (unpaired) electrons. The van der Waals surface area contributed by atoms with E-state index in [0.717, 1.165) is 4.90 Å². The molecule has 0 aromatic carbocycles. The molecular formula is C13H10BrN2NaO5S. The number of alkyl halides is 1. The largest absolute Gasteiger partial charge is 1.00 e. The van der Waals surface area contributed by atoms with Gasteiger partial charge in [0.25, 0.3) is 5.91 Å². The minimum Gasteiger partial charge on any atom is -0.548 e. The molecule has 0 N–H and O–H groups in total. The van der Waals surface area contributed by atoms with Crippen molar-refractivity contribution in [3.63, 3.8) is 0 Å². The molecule has 2 fully saturated rings. The number of fused-ring (bicyclic) bond motifs is 1. The van der Waals surface area contributed by atoms with Crippen LogP contribution in [0.4, 0.5) is 0 Å². The average Bonchev–Trinajstić information content (AvgIpc) is 2.44. The first-order valence-corrected chi connectivity index (χ1v) is 8.98. The third-order valence-electron chi connectivity index (χ3n) is 3.61. The maximum absolute atomic E-state index is 12.3. The second kappa shape index (κ2) is 6.64. The number of nitrogens with zero attached hydrogens (tertiary/aromatic N) is 2. The monoisotopic (exact) mass is 408 g/mol. The zero-order valence-electron chi connectivity index (χ0n) is 12.0. The molecule has 0 aliphatic carbocycles. The van der Waals surface area contributed by atoms with Crippen LogP contribution in [0.1, 0.15) is 5.69 Å². The number of pyridine rings is 1. The second-order valence-electron chi connectivity index (χ2n) is 5.03. The van der Waals surface area contributed by atoms with Gasteiger partial charge in [-0.05, 0) is 18.2 Å². The Morgan fingerprint density at radius 1 is 1.43 bits per heavy atom. The van der Waals surface area contributed by atoms with Gasteiger partial charge in [0.05, 0.1) is 33.9 Å². The summed E-state index contributed by atoms with van der Waals surface area (Å²) in [6, 6.07) is 3.72. The van der Waals surface area contributed by atoms with E-state index < -0.39 is 38.0 Å². The molecule has 116 valence electrons. The Morgan fingerprint density at radius 3 is 2.70 bits per heavy atom. The van der Waals surface area contributed by atoms with Crippen LogP contribution in [0.15, 0.2) is 30.0 Å². The van der Waals surface area contributed by atoms with Gasteiger partial charge in [0.1, 0.15) is 0 Å². The van der Waals surface area contributed by atoms with E-state index in [2.05, 4.69) is 20.9 Å². The number of carbonyl (C=O) groups excluding carboxylic acids is 2. The van der Waals surface area contributed by atoms with Crippen molar-refractivity contribution in [3.8, 4) is 0 Å². The van der Waals surface area contributed by atoms with Crippen LogP contribution in [0.25, 0.3) is 6.08 Å². The summed E-state index contributed by atoms with van der Waals surface area (Å²) in [5.74, 6) is -2.48. The molecule has 1 aromatic heterocycles. The van der Waals surface area contributed by atoms with Gasteiger partial charge in [0.15, 0.2) is 15.2 Å². The Labute approximate surface area is 163 Å². The summed E-state index contributed by atoms with van der Waals surface area (Å²) in [5.41, 5.74) is 0.469. The smallest absolute Gasteiger partial charge is 0.548 e. The molecule has 10 heteroatoms. The first-order chi connectivity index (χ1) is 10.3. The van der Waals surface area contributed by atoms with E-state index >= 15 is 0 Å². The first kappa shape index (κ1) is 18.6. The third-order valence-corrected chi connectivity index (χ3v) is 6.84. The van der Waals surface area contributed by atoms with Crippen molar-refractivity contribution < 1.29 is 52.7 Å². The summed E-state index contributed by atoms with van der Waals surface area (Å²) in [6.07, 6.45) is 2.89. The van der Waals surface area contributed by atoms with Crippen LogP contribution in [0, 0.1) is 0 Å². The SMILES string of the molecule is O=C([O-])C1C(Br)CS(=O)(=O)C2/C(=C\c3ccccn3)C(=O)N12.[Na+]. The molecule has 3 atom stereocenters. The number of carbonyl (C=O) groups is 2. The summed E-state index contributed by atoms with van der Waals surface area (Å²) < 4.78 is 24.5. The van der Waals surface area contributed by atoms with Crippen molar-refractivity contribution in [2.75, 3.05) is 5.75 Å². The molecule has 3 unspecified atom stereocenters. The van der Waals surface area contributed by atoms with Gasteiger partial charge < -0.3 is 14.8 Å². The van der Waals surface area contributed by atoms with Gasteiger partial charge in [-0.15, -0.1) is 0 Å². The Kier molecular flexibility index (Phi) is 5.37. The van der Waals surface area contributed by atoms with Gasteiger partial charge in [-0.2, -0.15) is 0 Å². The fraction of sp³-hybridized carbons (Fsp3) is 0.308. The van der Waals surface area contributed by atoms with Gasteiger partial charge in [0.2, 0.25) is 0 Å².